The maximum absolute atomic E-state index is 5.86. The van der Waals surface area contributed by atoms with Crippen molar-refractivity contribution in [2.75, 3.05) is 26.5 Å². The average molecular weight is 262 g/mol. The van der Waals surface area contributed by atoms with Gasteiger partial charge in [0.05, 0.1) is 17.0 Å². The minimum Gasteiger partial charge on any atom is -0.355 e. The molecule has 0 aliphatic carbocycles. The Bertz CT molecular complexity index is 313. The molecule has 1 N–H and O–H groups in total. The van der Waals surface area contributed by atoms with Gasteiger partial charge in [-0.15, -0.1) is 11.3 Å². The van der Waals surface area contributed by atoms with Crippen molar-refractivity contribution in [3.63, 3.8) is 0 Å². The highest BCUT2D eigenvalue weighted by atomic mass is 35.5. The Kier molecular flexibility index (Phi) is 5.06. The van der Waals surface area contributed by atoms with E-state index in [-0.39, 0.29) is 0 Å². The summed E-state index contributed by atoms with van der Waals surface area (Å²) in [6.45, 7) is 3.12. The highest BCUT2D eigenvalue weighted by Crippen LogP contribution is 2.21. The van der Waals surface area contributed by atoms with Crippen LogP contribution in [0.15, 0.2) is 12.1 Å². The van der Waals surface area contributed by atoms with Crippen molar-refractivity contribution in [1.29, 1.82) is 0 Å². The number of nitrogens with one attached hydrogen (secondary N) is 1. The van der Waals surface area contributed by atoms with E-state index < -0.39 is 0 Å². The standard InChI is InChI=1S/C11H16ClNO2S/c12-11-2-1-10(16-11)3-5-13-7-9-4-6-14-8-15-9/h1-2,9,13H,3-8H2. The number of halogens is 1. The molecule has 0 radical (unpaired) electrons. The van der Waals surface area contributed by atoms with Crippen LogP contribution in [-0.4, -0.2) is 32.6 Å². The lowest BCUT2D eigenvalue weighted by atomic mass is 10.2. The molecule has 0 saturated carbocycles. The van der Waals surface area contributed by atoms with E-state index in [1.165, 1.54) is 4.88 Å². The van der Waals surface area contributed by atoms with Gasteiger partial charge in [-0.2, -0.15) is 0 Å². The van der Waals surface area contributed by atoms with E-state index in [0.717, 1.165) is 36.9 Å². The summed E-state index contributed by atoms with van der Waals surface area (Å²) < 4.78 is 11.4. The van der Waals surface area contributed by atoms with Crippen molar-refractivity contribution in [2.24, 2.45) is 0 Å². The van der Waals surface area contributed by atoms with Gasteiger partial charge >= 0.3 is 0 Å². The van der Waals surface area contributed by atoms with Gasteiger partial charge in [0.2, 0.25) is 0 Å². The zero-order valence-electron chi connectivity index (χ0n) is 9.08. The number of hydrogen-bond acceptors (Lipinski definition) is 4. The average Bonchev–Trinajstić information content (AvgIpc) is 2.72. The van der Waals surface area contributed by atoms with Crippen LogP contribution in [-0.2, 0) is 15.9 Å². The van der Waals surface area contributed by atoms with Gasteiger partial charge in [0, 0.05) is 18.0 Å². The summed E-state index contributed by atoms with van der Waals surface area (Å²) in [6.07, 6.45) is 2.32. The quantitative estimate of drug-likeness (QED) is 0.825. The number of thiophene rings is 1. The fourth-order valence-corrected chi connectivity index (χ4v) is 2.71. The predicted octanol–water partition coefficient (Wildman–Crippen LogP) is 2.30. The zero-order chi connectivity index (χ0) is 11.2. The minimum absolute atomic E-state index is 0.306. The molecule has 1 atom stereocenters. The van der Waals surface area contributed by atoms with Gasteiger partial charge in [0.1, 0.15) is 6.79 Å². The van der Waals surface area contributed by atoms with Crippen LogP contribution >= 0.6 is 22.9 Å². The fraction of sp³-hybridized carbons (Fsp3) is 0.636. The third kappa shape index (κ3) is 4.03. The van der Waals surface area contributed by atoms with Crippen LogP contribution in [0.1, 0.15) is 11.3 Å². The molecule has 1 aliphatic heterocycles. The smallest absolute Gasteiger partial charge is 0.147 e. The molecule has 0 aromatic carbocycles. The van der Waals surface area contributed by atoms with Crippen molar-refractivity contribution >= 4 is 22.9 Å². The number of hydrogen-bond donors (Lipinski definition) is 1. The second-order valence-electron chi connectivity index (χ2n) is 3.76. The van der Waals surface area contributed by atoms with Gasteiger partial charge in [-0.1, -0.05) is 11.6 Å². The van der Waals surface area contributed by atoms with Crippen molar-refractivity contribution in [1.82, 2.24) is 5.32 Å². The van der Waals surface area contributed by atoms with E-state index in [4.69, 9.17) is 21.1 Å². The van der Waals surface area contributed by atoms with Crippen LogP contribution in [0.25, 0.3) is 0 Å². The van der Waals surface area contributed by atoms with E-state index in [2.05, 4.69) is 11.4 Å². The van der Waals surface area contributed by atoms with Gasteiger partial charge in [-0.25, -0.2) is 0 Å². The summed E-state index contributed by atoms with van der Waals surface area (Å²) in [6, 6.07) is 4.03. The van der Waals surface area contributed by atoms with Crippen LogP contribution in [0, 0.1) is 0 Å². The first-order valence-electron chi connectivity index (χ1n) is 5.49. The Balaban J connectivity index is 1.57. The topological polar surface area (TPSA) is 30.5 Å². The largest absolute Gasteiger partial charge is 0.355 e. The molecule has 5 heteroatoms. The molecule has 1 aliphatic rings. The summed E-state index contributed by atoms with van der Waals surface area (Å²) in [4.78, 5) is 1.32. The predicted molar refractivity (Wildman–Crippen MR) is 66.2 cm³/mol. The molecule has 1 fully saturated rings. The molecule has 1 saturated heterocycles. The van der Waals surface area contributed by atoms with Crippen molar-refractivity contribution in [3.8, 4) is 0 Å². The van der Waals surface area contributed by atoms with E-state index in [1.807, 2.05) is 6.07 Å². The molecular formula is C11H16ClNO2S. The Labute approximate surface area is 105 Å². The van der Waals surface area contributed by atoms with Gasteiger partial charge < -0.3 is 14.8 Å². The normalized spacial score (nSPS) is 21.2. The minimum atomic E-state index is 0.306. The van der Waals surface area contributed by atoms with Crippen molar-refractivity contribution in [2.45, 2.75) is 18.9 Å². The van der Waals surface area contributed by atoms with Crippen molar-refractivity contribution in [3.05, 3.63) is 21.3 Å². The van der Waals surface area contributed by atoms with E-state index in [0.29, 0.717) is 12.9 Å². The molecule has 16 heavy (non-hydrogen) atoms. The van der Waals surface area contributed by atoms with Crippen LogP contribution in [0.3, 0.4) is 0 Å². The molecule has 2 heterocycles. The van der Waals surface area contributed by atoms with E-state index in [9.17, 15) is 0 Å². The van der Waals surface area contributed by atoms with Crippen molar-refractivity contribution < 1.29 is 9.47 Å². The molecule has 0 spiro atoms. The van der Waals surface area contributed by atoms with E-state index in [1.54, 1.807) is 11.3 Å². The Hall–Kier alpha value is -0.130. The first-order chi connectivity index (χ1) is 7.84. The van der Waals surface area contributed by atoms with Crippen LogP contribution < -0.4 is 5.32 Å². The highest BCUT2D eigenvalue weighted by molar-refractivity contribution is 7.16. The lowest BCUT2D eigenvalue weighted by Gasteiger charge is -2.22. The molecule has 1 aromatic heterocycles. The first-order valence-corrected chi connectivity index (χ1v) is 6.68. The van der Waals surface area contributed by atoms with Gasteiger partial charge in [0.15, 0.2) is 0 Å². The molecule has 90 valence electrons. The first kappa shape index (κ1) is 12.3. The third-order valence-electron chi connectivity index (χ3n) is 2.52. The summed E-state index contributed by atoms with van der Waals surface area (Å²) in [7, 11) is 0. The number of rotatable bonds is 5. The molecule has 0 bridgehead atoms. The molecule has 1 aromatic rings. The summed E-state index contributed by atoms with van der Waals surface area (Å²) >= 11 is 7.51. The second kappa shape index (κ2) is 6.57. The van der Waals surface area contributed by atoms with Gasteiger partial charge in [0.25, 0.3) is 0 Å². The van der Waals surface area contributed by atoms with Crippen LogP contribution in [0.5, 0.6) is 0 Å². The highest BCUT2D eigenvalue weighted by Gasteiger charge is 2.12. The summed E-state index contributed by atoms with van der Waals surface area (Å²) in [5.41, 5.74) is 0. The lowest BCUT2D eigenvalue weighted by Crippen LogP contribution is -2.34. The Morgan fingerprint density at radius 2 is 2.44 bits per heavy atom. The second-order valence-corrected chi connectivity index (χ2v) is 5.56. The number of ether oxygens (including phenoxy) is 2. The van der Waals surface area contributed by atoms with Crippen LogP contribution in [0.2, 0.25) is 4.34 Å². The Morgan fingerprint density at radius 1 is 1.50 bits per heavy atom. The molecule has 2 rings (SSSR count). The Morgan fingerprint density at radius 3 is 3.12 bits per heavy atom. The van der Waals surface area contributed by atoms with Crippen LogP contribution in [0.4, 0.5) is 0 Å². The summed E-state index contributed by atoms with van der Waals surface area (Å²) in [5, 5.41) is 3.40. The molecule has 1 unspecified atom stereocenters. The maximum Gasteiger partial charge on any atom is 0.147 e. The lowest BCUT2D eigenvalue weighted by molar-refractivity contribution is -0.137. The van der Waals surface area contributed by atoms with Gasteiger partial charge in [-0.3, -0.25) is 0 Å². The van der Waals surface area contributed by atoms with E-state index >= 15 is 0 Å². The molecule has 3 nitrogen and oxygen atoms in total. The van der Waals surface area contributed by atoms with Gasteiger partial charge in [-0.05, 0) is 25.0 Å². The SMILES string of the molecule is Clc1ccc(CCNCC2CCOCO2)s1. The fourth-order valence-electron chi connectivity index (χ4n) is 1.62. The molecule has 0 amide bonds. The zero-order valence-corrected chi connectivity index (χ0v) is 10.6. The molecular weight excluding hydrogens is 246 g/mol. The third-order valence-corrected chi connectivity index (χ3v) is 3.81. The maximum atomic E-state index is 5.86. The monoisotopic (exact) mass is 261 g/mol. The summed E-state index contributed by atoms with van der Waals surface area (Å²) in [5.74, 6) is 0.